The van der Waals surface area contributed by atoms with E-state index in [2.05, 4.69) is 37.5 Å². The average molecular weight is 425 g/mol. The van der Waals surface area contributed by atoms with Crippen molar-refractivity contribution in [1.29, 1.82) is 5.26 Å². The zero-order valence-electron chi connectivity index (χ0n) is 16.5. The standard InChI is InChI=1S/C22H18F3N5O/c1-27-20-17-10-9-16(13-5-3-2-4-6-13)19(17)29-21(30-20)28-15-8-7-14(12-26)18(11-15)31-22(23,24)25/h2-8,11,16H,9-10H2,1H3,(H2,27,28,29,30). The molecule has 0 saturated heterocycles. The summed E-state index contributed by atoms with van der Waals surface area (Å²) in [6.07, 6.45) is -3.19. The maximum Gasteiger partial charge on any atom is 0.573 e. The van der Waals surface area contributed by atoms with Crippen LogP contribution < -0.4 is 15.4 Å². The molecule has 1 heterocycles. The van der Waals surface area contributed by atoms with Crippen LogP contribution in [0.4, 0.5) is 30.6 Å². The molecular formula is C22H18F3N5O. The van der Waals surface area contributed by atoms with Gasteiger partial charge >= 0.3 is 6.36 Å². The maximum absolute atomic E-state index is 12.7. The van der Waals surface area contributed by atoms with Gasteiger partial charge in [0.25, 0.3) is 0 Å². The van der Waals surface area contributed by atoms with Crippen molar-refractivity contribution in [3.63, 3.8) is 0 Å². The normalized spacial score (nSPS) is 15.1. The summed E-state index contributed by atoms with van der Waals surface area (Å²) in [5.74, 6) is 0.439. The first-order valence-corrected chi connectivity index (χ1v) is 9.58. The molecule has 0 radical (unpaired) electrons. The average Bonchev–Trinajstić information content (AvgIpc) is 3.17. The Morgan fingerprint density at radius 1 is 1.13 bits per heavy atom. The van der Waals surface area contributed by atoms with E-state index in [1.54, 1.807) is 13.1 Å². The molecule has 2 N–H and O–H groups in total. The summed E-state index contributed by atoms with van der Waals surface area (Å²) in [5.41, 5.74) is 3.11. The predicted molar refractivity (Wildman–Crippen MR) is 109 cm³/mol. The number of hydrogen-bond donors (Lipinski definition) is 2. The van der Waals surface area contributed by atoms with Crippen LogP contribution in [0.3, 0.4) is 0 Å². The number of halogens is 3. The van der Waals surface area contributed by atoms with Gasteiger partial charge in [0.2, 0.25) is 5.95 Å². The minimum absolute atomic E-state index is 0.108. The number of rotatable bonds is 5. The Hall–Kier alpha value is -3.80. The number of anilines is 3. The number of nitriles is 1. The lowest BCUT2D eigenvalue weighted by Gasteiger charge is -2.15. The zero-order valence-corrected chi connectivity index (χ0v) is 16.5. The van der Waals surface area contributed by atoms with Crippen molar-refractivity contribution in [3.05, 3.63) is 70.9 Å². The topological polar surface area (TPSA) is 82.9 Å². The van der Waals surface area contributed by atoms with Crippen LogP contribution in [0.1, 0.15) is 34.7 Å². The molecule has 0 aliphatic heterocycles. The van der Waals surface area contributed by atoms with Crippen molar-refractivity contribution >= 4 is 17.5 Å². The highest BCUT2D eigenvalue weighted by molar-refractivity contribution is 5.63. The molecule has 9 heteroatoms. The summed E-state index contributed by atoms with van der Waals surface area (Å²) in [5, 5.41) is 15.1. The Bertz CT molecular complexity index is 1140. The van der Waals surface area contributed by atoms with E-state index in [1.807, 2.05) is 18.2 Å². The molecular weight excluding hydrogens is 407 g/mol. The highest BCUT2D eigenvalue weighted by atomic mass is 19.4. The summed E-state index contributed by atoms with van der Waals surface area (Å²) in [4.78, 5) is 9.14. The van der Waals surface area contributed by atoms with Gasteiger partial charge in [-0.2, -0.15) is 10.2 Å². The highest BCUT2D eigenvalue weighted by Crippen LogP contribution is 2.40. The predicted octanol–water partition coefficient (Wildman–Crippen LogP) is 5.11. The summed E-state index contributed by atoms with van der Waals surface area (Å²) < 4.78 is 42.0. The number of fused-ring (bicyclic) bond motifs is 1. The van der Waals surface area contributed by atoms with Gasteiger partial charge in [0.1, 0.15) is 17.6 Å². The largest absolute Gasteiger partial charge is 0.573 e. The van der Waals surface area contributed by atoms with Gasteiger partial charge in [-0.05, 0) is 30.5 Å². The Morgan fingerprint density at radius 3 is 2.58 bits per heavy atom. The third kappa shape index (κ3) is 4.38. The van der Waals surface area contributed by atoms with Crippen LogP contribution in [-0.2, 0) is 6.42 Å². The van der Waals surface area contributed by atoms with Gasteiger partial charge in [0, 0.05) is 30.3 Å². The molecule has 0 bridgehead atoms. The Labute approximate surface area is 176 Å². The lowest BCUT2D eigenvalue weighted by Crippen LogP contribution is -2.18. The van der Waals surface area contributed by atoms with Crippen LogP contribution in [0.25, 0.3) is 0 Å². The molecule has 1 aliphatic rings. The van der Waals surface area contributed by atoms with Crippen LogP contribution in [-0.4, -0.2) is 23.4 Å². The highest BCUT2D eigenvalue weighted by Gasteiger charge is 2.32. The van der Waals surface area contributed by atoms with Crippen LogP contribution in [0.15, 0.2) is 48.5 Å². The van der Waals surface area contributed by atoms with Gasteiger partial charge in [-0.25, -0.2) is 4.98 Å². The number of benzene rings is 2. The van der Waals surface area contributed by atoms with Gasteiger partial charge in [-0.15, -0.1) is 13.2 Å². The summed E-state index contributed by atoms with van der Waals surface area (Å²) in [6, 6.07) is 15.5. The molecule has 0 saturated carbocycles. The summed E-state index contributed by atoms with van der Waals surface area (Å²) in [7, 11) is 1.76. The monoisotopic (exact) mass is 425 g/mol. The smallest absolute Gasteiger partial charge is 0.404 e. The van der Waals surface area contributed by atoms with Crippen LogP contribution >= 0.6 is 0 Å². The Kier molecular flexibility index (Phi) is 5.38. The van der Waals surface area contributed by atoms with Crippen LogP contribution in [0, 0.1) is 11.3 Å². The fourth-order valence-electron chi connectivity index (χ4n) is 3.76. The van der Waals surface area contributed by atoms with Crippen LogP contribution in [0.5, 0.6) is 5.75 Å². The van der Waals surface area contributed by atoms with Crippen molar-refractivity contribution in [2.24, 2.45) is 0 Å². The van der Waals surface area contributed by atoms with E-state index in [1.165, 1.54) is 12.1 Å². The molecule has 1 atom stereocenters. The number of ether oxygens (including phenoxy) is 1. The minimum Gasteiger partial charge on any atom is -0.404 e. The van der Waals surface area contributed by atoms with E-state index >= 15 is 0 Å². The SMILES string of the molecule is CNc1nc(Nc2ccc(C#N)c(OC(F)(F)F)c2)nc2c1CCC2c1ccccc1. The molecule has 1 aromatic heterocycles. The van der Waals surface area contributed by atoms with Crippen molar-refractivity contribution in [1.82, 2.24) is 9.97 Å². The first kappa shape index (κ1) is 20.5. The van der Waals surface area contributed by atoms with Crippen molar-refractivity contribution in [2.75, 3.05) is 17.7 Å². The van der Waals surface area contributed by atoms with Gasteiger partial charge in [-0.3, -0.25) is 0 Å². The van der Waals surface area contributed by atoms with Gasteiger partial charge in [0.15, 0.2) is 0 Å². The van der Waals surface area contributed by atoms with E-state index in [0.717, 1.165) is 35.7 Å². The number of aromatic nitrogens is 2. The molecule has 1 unspecified atom stereocenters. The summed E-state index contributed by atoms with van der Waals surface area (Å²) >= 11 is 0. The lowest BCUT2D eigenvalue weighted by molar-refractivity contribution is -0.274. The number of alkyl halides is 3. The second-order valence-corrected chi connectivity index (χ2v) is 7.01. The molecule has 3 aromatic rings. The van der Waals surface area contributed by atoms with E-state index in [9.17, 15) is 13.2 Å². The summed E-state index contributed by atoms with van der Waals surface area (Å²) in [6.45, 7) is 0. The van der Waals surface area contributed by atoms with Gasteiger partial charge < -0.3 is 15.4 Å². The second kappa shape index (κ2) is 8.14. The first-order chi connectivity index (χ1) is 14.9. The first-order valence-electron chi connectivity index (χ1n) is 9.58. The van der Waals surface area contributed by atoms with E-state index in [-0.39, 0.29) is 23.1 Å². The molecule has 6 nitrogen and oxygen atoms in total. The molecule has 158 valence electrons. The van der Waals surface area contributed by atoms with Crippen molar-refractivity contribution in [2.45, 2.75) is 25.1 Å². The van der Waals surface area contributed by atoms with E-state index < -0.39 is 12.1 Å². The lowest BCUT2D eigenvalue weighted by atomic mass is 9.97. The molecule has 2 aromatic carbocycles. The zero-order chi connectivity index (χ0) is 22.0. The Balaban J connectivity index is 1.69. The van der Waals surface area contributed by atoms with Gasteiger partial charge in [-0.1, -0.05) is 30.3 Å². The molecule has 0 amide bonds. The minimum atomic E-state index is -4.91. The fourth-order valence-corrected chi connectivity index (χ4v) is 3.76. The quantitative estimate of drug-likeness (QED) is 0.591. The molecule has 0 spiro atoms. The Morgan fingerprint density at radius 2 is 1.90 bits per heavy atom. The molecule has 0 fully saturated rings. The maximum atomic E-state index is 12.7. The third-order valence-corrected chi connectivity index (χ3v) is 5.07. The number of nitrogens with zero attached hydrogens (tertiary/aromatic N) is 3. The third-order valence-electron chi connectivity index (χ3n) is 5.07. The fraction of sp³-hybridized carbons (Fsp3) is 0.227. The van der Waals surface area contributed by atoms with Crippen LogP contribution in [0.2, 0.25) is 0 Å². The van der Waals surface area contributed by atoms with Gasteiger partial charge in [0.05, 0.1) is 11.3 Å². The molecule has 1 aliphatic carbocycles. The number of nitrogens with one attached hydrogen (secondary N) is 2. The van der Waals surface area contributed by atoms with E-state index in [0.29, 0.717) is 5.82 Å². The van der Waals surface area contributed by atoms with Crippen molar-refractivity contribution in [3.8, 4) is 11.8 Å². The molecule has 4 rings (SSSR count). The van der Waals surface area contributed by atoms with E-state index in [4.69, 9.17) is 5.26 Å². The van der Waals surface area contributed by atoms with Crippen molar-refractivity contribution < 1.29 is 17.9 Å². The molecule has 31 heavy (non-hydrogen) atoms. The second-order valence-electron chi connectivity index (χ2n) is 7.01. The number of hydrogen-bond acceptors (Lipinski definition) is 6.